The number of benzene rings is 1. The van der Waals surface area contributed by atoms with Gasteiger partial charge in [-0.1, -0.05) is 6.92 Å². The van der Waals surface area contributed by atoms with Crippen LogP contribution in [0.25, 0.3) is 0 Å². The molecule has 0 aliphatic heterocycles. The minimum Gasteiger partial charge on any atom is -0.385 e. The van der Waals surface area contributed by atoms with E-state index in [0.717, 1.165) is 24.2 Å². The van der Waals surface area contributed by atoms with Crippen LogP contribution >= 0.6 is 0 Å². The molecule has 5 heteroatoms. The maximum absolute atomic E-state index is 12.1. The summed E-state index contributed by atoms with van der Waals surface area (Å²) in [6.45, 7) is 9.10. The molecule has 0 spiro atoms. The third-order valence-electron chi connectivity index (χ3n) is 3.15. The molecule has 1 aromatic rings. The molecular weight excluding hydrogens is 266 g/mol. The number of rotatable bonds is 7. The van der Waals surface area contributed by atoms with Crippen molar-refractivity contribution < 1.29 is 9.59 Å². The molecule has 0 aromatic heterocycles. The number of amides is 2. The van der Waals surface area contributed by atoms with Crippen LogP contribution in [0.2, 0.25) is 0 Å². The van der Waals surface area contributed by atoms with E-state index in [0.29, 0.717) is 12.1 Å². The van der Waals surface area contributed by atoms with Gasteiger partial charge in [0.05, 0.1) is 0 Å². The van der Waals surface area contributed by atoms with E-state index < -0.39 is 6.04 Å². The number of hydrogen-bond acceptors (Lipinski definition) is 3. The maximum Gasteiger partial charge on any atom is 0.251 e. The minimum absolute atomic E-state index is 0.161. The van der Waals surface area contributed by atoms with Gasteiger partial charge in [0.2, 0.25) is 5.91 Å². The van der Waals surface area contributed by atoms with Gasteiger partial charge in [0.1, 0.15) is 6.04 Å². The molecule has 0 fully saturated rings. The van der Waals surface area contributed by atoms with Crippen molar-refractivity contribution >= 4 is 17.5 Å². The van der Waals surface area contributed by atoms with Crippen molar-refractivity contribution in [1.29, 1.82) is 0 Å². The van der Waals surface area contributed by atoms with Crippen LogP contribution in [0.3, 0.4) is 0 Å². The van der Waals surface area contributed by atoms with Gasteiger partial charge >= 0.3 is 0 Å². The van der Waals surface area contributed by atoms with Crippen molar-refractivity contribution in [3.05, 3.63) is 29.3 Å². The molecule has 21 heavy (non-hydrogen) atoms. The summed E-state index contributed by atoms with van der Waals surface area (Å²) in [6.07, 6.45) is 0.873. The summed E-state index contributed by atoms with van der Waals surface area (Å²) in [4.78, 5) is 23.9. The topological polar surface area (TPSA) is 70.2 Å². The third kappa shape index (κ3) is 5.10. The Balaban J connectivity index is 2.67. The van der Waals surface area contributed by atoms with Gasteiger partial charge < -0.3 is 16.0 Å². The summed E-state index contributed by atoms with van der Waals surface area (Å²) < 4.78 is 0. The molecule has 116 valence electrons. The summed E-state index contributed by atoms with van der Waals surface area (Å²) in [5.74, 6) is -0.397. The molecule has 0 saturated carbocycles. The first-order valence-electron chi connectivity index (χ1n) is 7.42. The van der Waals surface area contributed by atoms with Crippen molar-refractivity contribution in [3.63, 3.8) is 0 Å². The molecule has 0 saturated heterocycles. The van der Waals surface area contributed by atoms with Gasteiger partial charge in [0, 0.05) is 24.3 Å². The number of anilines is 1. The van der Waals surface area contributed by atoms with Crippen molar-refractivity contribution in [2.45, 2.75) is 40.2 Å². The highest BCUT2D eigenvalue weighted by Gasteiger charge is 2.16. The van der Waals surface area contributed by atoms with Gasteiger partial charge in [-0.3, -0.25) is 9.59 Å². The maximum atomic E-state index is 12.1. The van der Waals surface area contributed by atoms with Crippen molar-refractivity contribution in [3.8, 4) is 0 Å². The first-order chi connectivity index (χ1) is 9.99. The largest absolute Gasteiger partial charge is 0.385 e. The Morgan fingerprint density at radius 2 is 1.95 bits per heavy atom. The lowest BCUT2D eigenvalue weighted by Gasteiger charge is -2.15. The van der Waals surface area contributed by atoms with Gasteiger partial charge in [0.15, 0.2) is 0 Å². The number of nitrogens with one attached hydrogen (secondary N) is 3. The van der Waals surface area contributed by atoms with E-state index in [2.05, 4.69) is 16.0 Å². The van der Waals surface area contributed by atoms with Crippen LogP contribution < -0.4 is 16.0 Å². The van der Waals surface area contributed by atoms with E-state index in [1.807, 2.05) is 32.9 Å². The fourth-order valence-electron chi connectivity index (χ4n) is 1.94. The average Bonchev–Trinajstić information content (AvgIpc) is 2.46. The Morgan fingerprint density at radius 1 is 1.24 bits per heavy atom. The summed E-state index contributed by atoms with van der Waals surface area (Å²) in [7, 11) is 0. The molecule has 1 atom stereocenters. The van der Waals surface area contributed by atoms with Crippen molar-refractivity contribution in [2.24, 2.45) is 0 Å². The van der Waals surface area contributed by atoms with Gasteiger partial charge in [-0.25, -0.2) is 0 Å². The zero-order valence-corrected chi connectivity index (χ0v) is 13.2. The minimum atomic E-state index is -0.544. The van der Waals surface area contributed by atoms with Gasteiger partial charge in [-0.15, -0.1) is 0 Å². The summed E-state index contributed by atoms with van der Waals surface area (Å²) in [5, 5.41) is 8.70. The van der Waals surface area contributed by atoms with E-state index in [1.165, 1.54) is 0 Å². The Labute approximate surface area is 126 Å². The zero-order valence-electron chi connectivity index (χ0n) is 13.2. The zero-order chi connectivity index (χ0) is 15.8. The van der Waals surface area contributed by atoms with E-state index in [9.17, 15) is 9.59 Å². The monoisotopic (exact) mass is 291 g/mol. The SMILES string of the molecule is CCCNC(=O)C(C)NC(=O)c1ccc(NCC)c(C)c1. The van der Waals surface area contributed by atoms with Crippen molar-refractivity contribution in [1.82, 2.24) is 10.6 Å². The lowest BCUT2D eigenvalue weighted by atomic mass is 10.1. The fraction of sp³-hybridized carbons (Fsp3) is 0.500. The molecule has 1 rings (SSSR count). The van der Waals surface area contributed by atoms with Crippen molar-refractivity contribution in [2.75, 3.05) is 18.4 Å². The molecule has 3 N–H and O–H groups in total. The highest BCUT2D eigenvalue weighted by Crippen LogP contribution is 2.16. The van der Waals surface area contributed by atoms with Gasteiger partial charge in [0.25, 0.3) is 5.91 Å². The summed E-state index contributed by atoms with van der Waals surface area (Å²) in [5.41, 5.74) is 2.58. The standard InChI is InChI=1S/C16H25N3O2/c1-5-9-18-15(20)12(4)19-16(21)13-7-8-14(17-6-2)11(3)10-13/h7-8,10,12,17H,5-6,9H2,1-4H3,(H,18,20)(H,19,21). The highest BCUT2D eigenvalue weighted by molar-refractivity contribution is 5.97. The molecule has 0 radical (unpaired) electrons. The third-order valence-corrected chi connectivity index (χ3v) is 3.15. The van der Waals surface area contributed by atoms with Crippen LogP contribution in [0.5, 0.6) is 0 Å². The first kappa shape index (κ1) is 17.0. The summed E-state index contributed by atoms with van der Waals surface area (Å²) >= 11 is 0. The molecule has 0 aliphatic carbocycles. The van der Waals surface area contributed by atoms with Gasteiger partial charge in [-0.2, -0.15) is 0 Å². The van der Waals surface area contributed by atoms with E-state index in [1.54, 1.807) is 13.0 Å². The molecule has 0 heterocycles. The predicted molar refractivity (Wildman–Crippen MR) is 85.6 cm³/mol. The number of aryl methyl sites for hydroxylation is 1. The second-order valence-corrected chi connectivity index (χ2v) is 5.05. The van der Waals surface area contributed by atoms with Crippen LogP contribution in [0.1, 0.15) is 43.1 Å². The van der Waals surface area contributed by atoms with Crippen LogP contribution in [-0.4, -0.2) is 30.9 Å². The number of carbonyl (C=O) groups is 2. The number of hydrogen-bond donors (Lipinski definition) is 3. The summed E-state index contributed by atoms with van der Waals surface area (Å²) in [6, 6.07) is 4.93. The lowest BCUT2D eigenvalue weighted by molar-refractivity contribution is -0.122. The van der Waals surface area contributed by atoms with Crippen LogP contribution in [0.4, 0.5) is 5.69 Å². The van der Waals surface area contributed by atoms with Crippen LogP contribution in [0, 0.1) is 6.92 Å². The smallest absolute Gasteiger partial charge is 0.251 e. The molecule has 0 bridgehead atoms. The first-order valence-corrected chi connectivity index (χ1v) is 7.42. The molecule has 0 aliphatic rings. The second kappa shape index (κ2) is 8.29. The number of carbonyl (C=O) groups excluding carboxylic acids is 2. The van der Waals surface area contributed by atoms with Crippen LogP contribution in [-0.2, 0) is 4.79 Å². The van der Waals surface area contributed by atoms with Crippen LogP contribution in [0.15, 0.2) is 18.2 Å². The molecule has 1 unspecified atom stereocenters. The van der Waals surface area contributed by atoms with E-state index >= 15 is 0 Å². The quantitative estimate of drug-likeness (QED) is 0.720. The van der Waals surface area contributed by atoms with E-state index in [-0.39, 0.29) is 11.8 Å². The van der Waals surface area contributed by atoms with Gasteiger partial charge in [-0.05, 0) is 51.0 Å². The lowest BCUT2D eigenvalue weighted by Crippen LogP contribution is -2.45. The predicted octanol–water partition coefficient (Wildman–Crippen LogP) is 2.07. The van der Waals surface area contributed by atoms with E-state index in [4.69, 9.17) is 0 Å². The Hall–Kier alpha value is -2.04. The molecule has 1 aromatic carbocycles. The Kier molecular flexibility index (Phi) is 6.72. The molecule has 2 amide bonds. The fourth-order valence-corrected chi connectivity index (χ4v) is 1.94. The Bertz CT molecular complexity index is 500. The highest BCUT2D eigenvalue weighted by atomic mass is 16.2. The molecular formula is C16H25N3O2. The average molecular weight is 291 g/mol. The Morgan fingerprint density at radius 3 is 2.52 bits per heavy atom. The second-order valence-electron chi connectivity index (χ2n) is 5.05. The normalized spacial score (nSPS) is 11.6. The molecule has 5 nitrogen and oxygen atoms in total.